The second-order valence-electron chi connectivity index (χ2n) is 2.33. The van der Waals surface area contributed by atoms with Gasteiger partial charge in [0.05, 0.1) is 5.00 Å². The van der Waals surface area contributed by atoms with Crippen LogP contribution in [0.4, 0.5) is 5.00 Å². The van der Waals surface area contributed by atoms with Crippen molar-refractivity contribution < 1.29 is 0 Å². The first-order valence-electron chi connectivity index (χ1n) is 3.35. The Labute approximate surface area is 87.0 Å². The molecule has 4 heteroatoms. The average molecular weight is 260 g/mol. The molecule has 0 unspecified atom stereocenters. The lowest BCUT2D eigenvalue weighted by Crippen LogP contribution is -1.72. The van der Waals surface area contributed by atoms with Crippen molar-refractivity contribution in [2.24, 2.45) is 0 Å². The molecule has 2 N–H and O–H groups in total. The molecule has 0 fully saturated rings. The van der Waals surface area contributed by atoms with Crippen molar-refractivity contribution in [1.29, 1.82) is 0 Å². The minimum atomic E-state index is 0.870. The minimum Gasteiger partial charge on any atom is -0.391 e. The Balaban J connectivity index is 2.43. The largest absolute Gasteiger partial charge is 0.391 e. The zero-order chi connectivity index (χ0) is 8.55. The third kappa shape index (κ3) is 1.55. The van der Waals surface area contributed by atoms with Crippen molar-refractivity contribution in [3.63, 3.8) is 0 Å². The van der Waals surface area contributed by atoms with E-state index in [9.17, 15) is 0 Å². The van der Waals surface area contributed by atoms with E-state index in [4.69, 9.17) is 5.73 Å². The predicted octanol–water partition coefficient (Wildman–Crippen LogP) is 3.82. The third-order valence-electron chi connectivity index (χ3n) is 1.44. The van der Waals surface area contributed by atoms with Gasteiger partial charge in [-0.3, -0.25) is 0 Å². The summed E-state index contributed by atoms with van der Waals surface area (Å²) in [5.74, 6) is 0. The van der Waals surface area contributed by atoms with E-state index in [1.165, 1.54) is 9.75 Å². The van der Waals surface area contributed by atoms with Gasteiger partial charge >= 0.3 is 0 Å². The molecule has 0 saturated carbocycles. The van der Waals surface area contributed by atoms with E-state index in [0.29, 0.717) is 0 Å². The molecule has 2 heterocycles. The average Bonchev–Trinajstić information content (AvgIpc) is 2.58. The van der Waals surface area contributed by atoms with Gasteiger partial charge in [-0.25, -0.2) is 0 Å². The number of anilines is 1. The molecule has 0 aliphatic rings. The van der Waals surface area contributed by atoms with Crippen LogP contribution in [0.25, 0.3) is 9.75 Å². The molecular formula is C8H6BrNS2. The number of hydrogen-bond donors (Lipinski definition) is 1. The van der Waals surface area contributed by atoms with Crippen LogP contribution in [0.1, 0.15) is 0 Å². The molecule has 0 aliphatic carbocycles. The molecule has 0 spiro atoms. The van der Waals surface area contributed by atoms with E-state index in [1.807, 2.05) is 6.07 Å². The van der Waals surface area contributed by atoms with Crippen molar-refractivity contribution >= 4 is 43.6 Å². The first-order valence-corrected chi connectivity index (χ1v) is 5.84. The Hall–Kier alpha value is -0.320. The van der Waals surface area contributed by atoms with Crippen molar-refractivity contribution in [3.8, 4) is 9.75 Å². The van der Waals surface area contributed by atoms with Crippen LogP contribution >= 0.6 is 38.6 Å². The standard InChI is InChI=1S/C8H6BrNS2/c9-5-3-7(11-4-5)6-1-2-8(10)12-6/h1-4H,10H2. The Bertz CT molecular complexity index is 353. The lowest BCUT2D eigenvalue weighted by molar-refractivity contribution is 1.86. The van der Waals surface area contributed by atoms with Gasteiger partial charge < -0.3 is 5.73 Å². The summed E-state index contributed by atoms with van der Waals surface area (Å²) in [4.78, 5) is 2.51. The van der Waals surface area contributed by atoms with Crippen molar-refractivity contribution in [1.82, 2.24) is 0 Å². The molecule has 0 atom stereocenters. The van der Waals surface area contributed by atoms with E-state index in [-0.39, 0.29) is 0 Å². The van der Waals surface area contributed by atoms with E-state index in [2.05, 4.69) is 33.4 Å². The maximum atomic E-state index is 5.63. The van der Waals surface area contributed by atoms with Gasteiger partial charge in [0, 0.05) is 19.6 Å². The SMILES string of the molecule is Nc1ccc(-c2cc(Br)cs2)s1. The molecule has 0 aliphatic heterocycles. The van der Waals surface area contributed by atoms with E-state index in [1.54, 1.807) is 22.7 Å². The van der Waals surface area contributed by atoms with Crippen LogP contribution in [-0.4, -0.2) is 0 Å². The summed E-state index contributed by atoms with van der Waals surface area (Å²) >= 11 is 6.77. The summed E-state index contributed by atoms with van der Waals surface area (Å²) in [6.07, 6.45) is 0. The monoisotopic (exact) mass is 259 g/mol. The van der Waals surface area contributed by atoms with Crippen LogP contribution < -0.4 is 5.73 Å². The fraction of sp³-hybridized carbons (Fsp3) is 0. The van der Waals surface area contributed by atoms with Gasteiger partial charge in [0.1, 0.15) is 0 Å². The highest BCUT2D eigenvalue weighted by Gasteiger charge is 2.02. The second-order valence-corrected chi connectivity index (χ2v) is 5.27. The summed E-state index contributed by atoms with van der Waals surface area (Å²) in [6, 6.07) is 6.10. The molecule has 2 aromatic rings. The van der Waals surface area contributed by atoms with Gasteiger partial charge in [-0.05, 0) is 34.1 Å². The molecule has 0 aromatic carbocycles. The molecule has 2 rings (SSSR count). The van der Waals surface area contributed by atoms with Gasteiger partial charge in [-0.2, -0.15) is 0 Å². The van der Waals surface area contributed by atoms with Gasteiger partial charge in [-0.1, -0.05) is 0 Å². The number of rotatable bonds is 1. The highest BCUT2D eigenvalue weighted by atomic mass is 79.9. The minimum absolute atomic E-state index is 0.870. The van der Waals surface area contributed by atoms with Crippen molar-refractivity contribution in [3.05, 3.63) is 28.1 Å². The van der Waals surface area contributed by atoms with Crippen LogP contribution in [-0.2, 0) is 0 Å². The Kier molecular flexibility index (Phi) is 2.21. The van der Waals surface area contributed by atoms with Crippen molar-refractivity contribution in [2.75, 3.05) is 5.73 Å². The maximum Gasteiger partial charge on any atom is 0.0863 e. The van der Waals surface area contributed by atoms with Gasteiger partial charge in [0.2, 0.25) is 0 Å². The molecule has 0 amide bonds. The van der Waals surface area contributed by atoms with E-state index >= 15 is 0 Å². The van der Waals surface area contributed by atoms with Crippen LogP contribution in [0.2, 0.25) is 0 Å². The third-order valence-corrected chi connectivity index (χ3v) is 4.24. The molecule has 1 nitrogen and oxygen atoms in total. The number of hydrogen-bond acceptors (Lipinski definition) is 3. The quantitative estimate of drug-likeness (QED) is 0.828. The van der Waals surface area contributed by atoms with E-state index < -0.39 is 0 Å². The summed E-state index contributed by atoms with van der Waals surface area (Å²) < 4.78 is 1.13. The zero-order valence-electron chi connectivity index (χ0n) is 6.08. The summed E-state index contributed by atoms with van der Waals surface area (Å²) in [6.45, 7) is 0. The number of thiophene rings is 2. The number of nitrogen functional groups attached to an aromatic ring is 1. The van der Waals surface area contributed by atoms with Crippen LogP contribution in [0.3, 0.4) is 0 Å². The van der Waals surface area contributed by atoms with Crippen LogP contribution in [0, 0.1) is 0 Å². The fourth-order valence-electron chi connectivity index (χ4n) is 0.928. The van der Waals surface area contributed by atoms with Gasteiger partial charge in [-0.15, -0.1) is 22.7 Å². The number of nitrogens with two attached hydrogens (primary N) is 1. The summed E-state index contributed by atoms with van der Waals surface area (Å²) in [5.41, 5.74) is 5.63. The van der Waals surface area contributed by atoms with Crippen LogP contribution in [0.5, 0.6) is 0 Å². The Morgan fingerprint density at radius 1 is 1.25 bits per heavy atom. The molecule has 62 valence electrons. The zero-order valence-corrected chi connectivity index (χ0v) is 9.30. The lowest BCUT2D eigenvalue weighted by atomic mass is 10.4. The summed E-state index contributed by atoms with van der Waals surface area (Å²) in [7, 11) is 0. The number of halogens is 1. The van der Waals surface area contributed by atoms with Gasteiger partial charge in [0.15, 0.2) is 0 Å². The van der Waals surface area contributed by atoms with Gasteiger partial charge in [0.25, 0.3) is 0 Å². The normalized spacial score (nSPS) is 10.4. The maximum absolute atomic E-state index is 5.63. The highest BCUT2D eigenvalue weighted by Crippen LogP contribution is 2.35. The molecule has 0 saturated heterocycles. The highest BCUT2D eigenvalue weighted by molar-refractivity contribution is 9.10. The topological polar surface area (TPSA) is 26.0 Å². The van der Waals surface area contributed by atoms with Crippen molar-refractivity contribution in [2.45, 2.75) is 0 Å². The molecule has 2 aromatic heterocycles. The molecule has 0 bridgehead atoms. The first kappa shape index (κ1) is 8.29. The van der Waals surface area contributed by atoms with Crippen LogP contribution in [0.15, 0.2) is 28.1 Å². The molecular weight excluding hydrogens is 254 g/mol. The smallest absolute Gasteiger partial charge is 0.0863 e. The van der Waals surface area contributed by atoms with E-state index in [0.717, 1.165) is 9.47 Å². The Morgan fingerprint density at radius 3 is 2.58 bits per heavy atom. The Morgan fingerprint density at radius 2 is 2.08 bits per heavy atom. The predicted molar refractivity (Wildman–Crippen MR) is 59.7 cm³/mol. The molecule has 12 heavy (non-hydrogen) atoms. The molecule has 0 radical (unpaired) electrons. The lowest BCUT2D eigenvalue weighted by Gasteiger charge is -1.86. The second kappa shape index (κ2) is 3.20. The fourth-order valence-corrected chi connectivity index (χ4v) is 3.23. The summed E-state index contributed by atoms with van der Waals surface area (Å²) in [5, 5.41) is 2.94. The first-order chi connectivity index (χ1) is 5.75.